The van der Waals surface area contributed by atoms with Gasteiger partial charge in [-0.25, -0.2) is 4.39 Å². The van der Waals surface area contributed by atoms with Crippen molar-refractivity contribution in [3.05, 3.63) is 80.3 Å². The molecule has 2 aliphatic rings. The zero-order valence-electron chi connectivity index (χ0n) is 17.0. The van der Waals surface area contributed by atoms with Crippen LogP contribution in [0.5, 0.6) is 0 Å². The van der Waals surface area contributed by atoms with Crippen molar-refractivity contribution in [2.75, 3.05) is 4.90 Å². The van der Waals surface area contributed by atoms with Gasteiger partial charge in [0, 0.05) is 36.1 Å². The highest BCUT2D eigenvalue weighted by Crippen LogP contribution is 2.48. The predicted octanol–water partition coefficient (Wildman–Crippen LogP) is 5.55. The fourth-order valence-corrected chi connectivity index (χ4v) is 4.69. The number of Topliss-reactive ketones (excluding diaryl/α,β-unsaturated/α-hetero) is 1. The summed E-state index contributed by atoms with van der Waals surface area (Å²) in [4.78, 5) is 38.6. The summed E-state index contributed by atoms with van der Waals surface area (Å²) in [7, 11) is 0. The van der Waals surface area contributed by atoms with Crippen LogP contribution in [0, 0.1) is 21.3 Å². The number of allylic oxidation sites excluding steroid dienone is 2. The number of ketones is 1. The smallest absolute Gasteiger partial charge is 0.289 e. The van der Waals surface area contributed by atoms with Crippen LogP contribution in [0.15, 0.2) is 53.7 Å². The van der Waals surface area contributed by atoms with E-state index in [-0.39, 0.29) is 34.5 Å². The molecule has 31 heavy (non-hydrogen) atoms. The van der Waals surface area contributed by atoms with Crippen molar-refractivity contribution in [2.24, 2.45) is 5.41 Å². The van der Waals surface area contributed by atoms with Gasteiger partial charge >= 0.3 is 0 Å². The number of hydrogen-bond acceptors (Lipinski definition) is 4. The molecule has 1 heterocycles. The molecular formula is C23H20ClFN2O4. The Morgan fingerprint density at radius 2 is 1.90 bits per heavy atom. The molecule has 0 radical (unpaired) electrons. The third kappa shape index (κ3) is 3.85. The molecule has 0 saturated carbocycles. The molecule has 0 spiro atoms. The van der Waals surface area contributed by atoms with Crippen LogP contribution in [-0.4, -0.2) is 16.6 Å². The lowest BCUT2D eigenvalue weighted by Crippen LogP contribution is -2.43. The Morgan fingerprint density at radius 1 is 1.16 bits per heavy atom. The SMILES string of the molecule is CC1(C)CC(=O)C2=C(C1)N(c1ccc(Cl)c([N+](=O)[O-])c1)C(=O)CC2c1cccc(F)c1. The standard InChI is InChI=1S/C23H20ClFN2O4/c1-23(2)11-19-22(20(28)12-23)16(13-4-3-5-14(25)8-13)10-21(29)26(19)15-6-7-17(24)18(9-15)27(30)31/h3-9,16H,10-12H2,1-2H3. The number of anilines is 1. The molecule has 1 atom stereocenters. The van der Waals surface area contributed by atoms with Crippen LogP contribution in [0.25, 0.3) is 0 Å². The number of nitrogens with zero attached hydrogens (tertiary/aromatic N) is 2. The van der Waals surface area contributed by atoms with Crippen LogP contribution in [0.3, 0.4) is 0 Å². The molecule has 8 heteroatoms. The van der Waals surface area contributed by atoms with Crippen LogP contribution < -0.4 is 4.90 Å². The van der Waals surface area contributed by atoms with E-state index in [0.29, 0.717) is 29.7 Å². The number of nitro groups is 1. The van der Waals surface area contributed by atoms with Gasteiger partial charge in [0.15, 0.2) is 5.78 Å². The van der Waals surface area contributed by atoms with Crippen LogP contribution >= 0.6 is 11.6 Å². The predicted molar refractivity (Wildman–Crippen MR) is 114 cm³/mol. The topological polar surface area (TPSA) is 80.5 Å². The maximum atomic E-state index is 13.9. The van der Waals surface area contributed by atoms with Crippen molar-refractivity contribution < 1.29 is 18.9 Å². The Labute approximate surface area is 183 Å². The highest BCUT2D eigenvalue weighted by Gasteiger charge is 2.44. The Morgan fingerprint density at radius 3 is 2.58 bits per heavy atom. The second kappa shape index (κ2) is 7.57. The number of nitro benzene ring substituents is 1. The third-order valence-electron chi connectivity index (χ3n) is 5.78. The highest BCUT2D eigenvalue weighted by molar-refractivity contribution is 6.32. The van der Waals surface area contributed by atoms with E-state index in [1.165, 1.54) is 35.2 Å². The van der Waals surface area contributed by atoms with Crippen molar-refractivity contribution in [1.82, 2.24) is 0 Å². The van der Waals surface area contributed by atoms with Crippen LogP contribution in [-0.2, 0) is 9.59 Å². The Balaban J connectivity index is 1.92. The minimum absolute atomic E-state index is 0.0368. The van der Waals surface area contributed by atoms with Crippen LogP contribution in [0.2, 0.25) is 5.02 Å². The molecule has 0 N–H and O–H groups in total. The minimum Gasteiger partial charge on any atom is -0.294 e. The average Bonchev–Trinajstić information content (AvgIpc) is 2.67. The molecule has 1 aliphatic heterocycles. The van der Waals surface area contributed by atoms with Gasteiger partial charge in [-0.1, -0.05) is 37.6 Å². The number of benzene rings is 2. The van der Waals surface area contributed by atoms with E-state index in [4.69, 9.17) is 11.6 Å². The Hall–Kier alpha value is -3.06. The number of carbonyl (C=O) groups excluding carboxylic acids is 2. The number of amides is 1. The van der Waals surface area contributed by atoms with Gasteiger partial charge < -0.3 is 0 Å². The largest absolute Gasteiger partial charge is 0.294 e. The van der Waals surface area contributed by atoms with E-state index in [9.17, 15) is 24.1 Å². The van der Waals surface area contributed by atoms with Gasteiger partial charge in [0.25, 0.3) is 5.69 Å². The molecule has 4 rings (SSSR count). The monoisotopic (exact) mass is 442 g/mol. The van der Waals surface area contributed by atoms with Gasteiger partial charge in [-0.15, -0.1) is 0 Å². The molecule has 2 aromatic carbocycles. The first-order chi connectivity index (χ1) is 14.6. The molecule has 0 fully saturated rings. The van der Waals surface area contributed by atoms with Crippen LogP contribution in [0.1, 0.15) is 44.6 Å². The number of carbonyl (C=O) groups is 2. The molecule has 1 aliphatic carbocycles. The molecule has 1 amide bonds. The first-order valence-corrected chi connectivity index (χ1v) is 10.2. The molecule has 0 saturated heterocycles. The van der Waals surface area contributed by atoms with E-state index in [2.05, 4.69) is 0 Å². The van der Waals surface area contributed by atoms with Crippen molar-refractivity contribution in [3.8, 4) is 0 Å². The normalized spacial score (nSPS) is 20.6. The molecule has 0 aromatic heterocycles. The Kier molecular flexibility index (Phi) is 5.17. The Bertz CT molecular complexity index is 1160. The summed E-state index contributed by atoms with van der Waals surface area (Å²) in [5.41, 5.74) is 1.14. The first kappa shape index (κ1) is 21.2. The molecule has 2 aromatic rings. The van der Waals surface area contributed by atoms with Gasteiger partial charge in [-0.05, 0) is 41.7 Å². The number of hydrogen-bond donors (Lipinski definition) is 0. The van der Waals surface area contributed by atoms with Crippen molar-refractivity contribution in [1.29, 1.82) is 0 Å². The first-order valence-electron chi connectivity index (χ1n) is 9.86. The fraction of sp³-hybridized carbons (Fsp3) is 0.304. The summed E-state index contributed by atoms with van der Waals surface area (Å²) in [5.74, 6) is -1.40. The maximum Gasteiger partial charge on any atom is 0.289 e. The summed E-state index contributed by atoms with van der Waals surface area (Å²) in [5, 5.41) is 11.3. The zero-order chi connectivity index (χ0) is 22.5. The molecule has 0 bridgehead atoms. The van der Waals surface area contributed by atoms with Gasteiger partial charge in [-0.2, -0.15) is 0 Å². The lowest BCUT2D eigenvalue weighted by molar-refractivity contribution is -0.384. The van der Waals surface area contributed by atoms with Gasteiger partial charge in [0.05, 0.1) is 10.6 Å². The quantitative estimate of drug-likeness (QED) is 0.461. The van der Waals surface area contributed by atoms with Crippen molar-refractivity contribution in [3.63, 3.8) is 0 Å². The van der Waals surface area contributed by atoms with E-state index in [1.807, 2.05) is 13.8 Å². The van der Waals surface area contributed by atoms with Gasteiger partial charge in [-0.3, -0.25) is 24.6 Å². The third-order valence-corrected chi connectivity index (χ3v) is 6.10. The second-order valence-corrected chi connectivity index (χ2v) is 9.14. The fourth-order valence-electron chi connectivity index (χ4n) is 4.50. The summed E-state index contributed by atoms with van der Waals surface area (Å²) in [6.45, 7) is 3.88. The maximum absolute atomic E-state index is 13.9. The number of halogens is 2. The van der Waals surface area contributed by atoms with Crippen molar-refractivity contribution in [2.45, 2.75) is 39.0 Å². The van der Waals surface area contributed by atoms with Crippen molar-refractivity contribution >= 4 is 34.7 Å². The van der Waals surface area contributed by atoms with E-state index >= 15 is 0 Å². The number of rotatable bonds is 3. The second-order valence-electron chi connectivity index (χ2n) is 8.74. The highest BCUT2D eigenvalue weighted by atomic mass is 35.5. The summed E-state index contributed by atoms with van der Waals surface area (Å²) in [6.07, 6.45) is 0.702. The van der Waals surface area contributed by atoms with Crippen LogP contribution in [0.4, 0.5) is 15.8 Å². The summed E-state index contributed by atoms with van der Waals surface area (Å²) < 4.78 is 13.9. The summed E-state index contributed by atoms with van der Waals surface area (Å²) >= 11 is 5.94. The van der Waals surface area contributed by atoms with Gasteiger partial charge in [0.2, 0.25) is 5.91 Å². The minimum atomic E-state index is -0.610. The van der Waals surface area contributed by atoms with E-state index in [0.717, 1.165) is 0 Å². The van der Waals surface area contributed by atoms with E-state index < -0.39 is 22.1 Å². The zero-order valence-corrected chi connectivity index (χ0v) is 17.8. The summed E-state index contributed by atoms with van der Waals surface area (Å²) in [6, 6.07) is 10.1. The van der Waals surface area contributed by atoms with Gasteiger partial charge in [0.1, 0.15) is 10.8 Å². The van der Waals surface area contributed by atoms with E-state index in [1.54, 1.807) is 12.1 Å². The average molecular weight is 443 g/mol. The lowest BCUT2D eigenvalue weighted by Gasteiger charge is -2.42. The molecule has 160 valence electrons. The lowest BCUT2D eigenvalue weighted by atomic mass is 9.69. The molecule has 1 unspecified atom stereocenters. The molecule has 6 nitrogen and oxygen atoms in total. The molecular weight excluding hydrogens is 423 g/mol.